The Morgan fingerprint density at radius 1 is 1.30 bits per heavy atom. The summed E-state index contributed by atoms with van der Waals surface area (Å²) in [5.41, 5.74) is 0.114. The van der Waals surface area contributed by atoms with Crippen molar-refractivity contribution in [3.63, 3.8) is 0 Å². The highest BCUT2D eigenvalue weighted by Crippen LogP contribution is 2.31. The van der Waals surface area contributed by atoms with Gasteiger partial charge in [-0.2, -0.15) is 0 Å². The smallest absolute Gasteiger partial charge is 0.117 e. The summed E-state index contributed by atoms with van der Waals surface area (Å²) in [5, 5.41) is 3.05. The minimum atomic E-state index is -0.639. The normalized spacial score (nSPS) is 34.8. The van der Waals surface area contributed by atoms with Crippen LogP contribution < -0.4 is 5.32 Å². The van der Waals surface area contributed by atoms with Crippen molar-refractivity contribution >= 4 is 0 Å². The Kier molecular flexibility index (Phi) is 1.99. The van der Waals surface area contributed by atoms with E-state index in [-0.39, 0.29) is 11.3 Å². The lowest BCUT2D eigenvalue weighted by atomic mass is 9.79. The van der Waals surface area contributed by atoms with Crippen LogP contribution in [0.1, 0.15) is 20.8 Å². The summed E-state index contributed by atoms with van der Waals surface area (Å²) in [6.45, 7) is 7.67. The average molecular weight is 145 g/mol. The molecule has 0 spiro atoms. The fourth-order valence-electron chi connectivity index (χ4n) is 1.50. The lowest BCUT2D eigenvalue weighted by Gasteiger charge is -2.27. The maximum Gasteiger partial charge on any atom is 0.117 e. The van der Waals surface area contributed by atoms with Gasteiger partial charge in [-0.25, -0.2) is 4.39 Å². The van der Waals surface area contributed by atoms with E-state index in [1.54, 1.807) is 0 Å². The first kappa shape index (κ1) is 7.99. The molecule has 10 heavy (non-hydrogen) atoms. The third kappa shape index (κ3) is 1.48. The van der Waals surface area contributed by atoms with E-state index in [2.05, 4.69) is 26.1 Å². The van der Waals surface area contributed by atoms with E-state index < -0.39 is 6.17 Å². The van der Waals surface area contributed by atoms with Crippen LogP contribution in [0, 0.1) is 11.3 Å². The Morgan fingerprint density at radius 3 is 2.10 bits per heavy atom. The lowest BCUT2D eigenvalue weighted by Crippen LogP contribution is -2.28. The topological polar surface area (TPSA) is 12.0 Å². The summed E-state index contributed by atoms with van der Waals surface area (Å²) >= 11 is 0. The van der Waals surface area contributed by atoms with E-state index in [1.807, 2.05) is 0 Å². The van der Waals surface area contributed by atoms with Crippen LogP contribution >= 0.6 is 0 Å². The van der Waals surface area contributed by atoms with Crippen LogP contribution in [-0.2, 0) is 0 Å². The van der Waals surface area contributed by atoms with E-state index in [0.29, 0.717) is 6.54 Å². The maximum absolute atomic E-state index is 13.0. The largest absolute Gasteiger partial charge is 0.313 e. The molecule has 0 aromatic rings. The molecule has 0 bridgehead atoms. The Balaban J connectivity index is 2.55. The van der Waals surface area contributed by atoms with Crippen molar-refractivity contribution in [3.8, 4) is 0 Å². The lowest BCUT2D eigenvalue weighted by molar-refractivity contribution is 0.160. The van der Waals surface area contributed by atoms with E-state index in [0.717, 1.165) is 6.54 Å². The summed E-state index contributed by atoms with van der Waals surface area (Å²) < 4.78 is 13.0. The number of hydrogen-bond donors (Lipinski definition) is 1. The summed E-state index contributed by atoms with van der Waals surface area (Å²) in [6, 6.07) is 0. The standard InChI is InChI=1S/C8H16FN/c1-8(2,3)6-4-10-5-7(6)9/h6-7,10H,4-5H2,1-3H3/t6-,7+/m0/s1. The number of nitrogens with one attached hydrogen (secondary N) is 1. The third-order valence-corrected chi connectivity index (χ3v) is 2.25. The molecule has 1 heterocycles. The second-order valence-corrected chi connectivity index (χ2v) is 4.15. The fraction of sp³-hybridized carbons (Fsp3) is 1.00. The Labute approximate surface area is 62.0 Å². The predicted molar refractivity (Wildman–Crippen MR) is 40.7 cm³/mol. The van der Waals surface area contributed by atoms with Crippen LogP contribution in [0.4, 0.5) is 4.39 Å². The molecule has 60 valence electrons. The van der Waals surface area contributed by atoms with Gasteiger partial charge in [-0.05, 0) is 5.41 Å². The molecule has 1 aliphatic rings. The third-order valence-electron chi connectivity index (χ3n) is 2.25. The summed E-state index contributed by atoms with van der Waals surface area (Å²) in [7, 11) is 0. The fourth-order valence-corrected chi connectivity index (χ4v) is 1.50. The van der Waals surface area contributed by atoms with Gasteiger partial charge in [0.2, 0.25) is 0 Å². The van der Waals surface area contributed by atoms with Crippen LogP contribution in [-0.4, -0.2) is 19.3 Å². The maximum atomic E-state index is 13.0. The molecule has 1 rings (SSSR count). The van der Waals surface area contributed by atoms with Gasteiger partial charge in [0.25, 0.3) is 0 Å². The molecular weight excluding hydrogens is 129 g/mol. The molecule has 0 aromatic heterocycles. The molecule has 0 saturated carbocycles. The van der Waals surface area contributed by atoms with Crippen molar-refractivity contribution in [3.05, 3.63) is 0 Å². The monoisotopic (exact) mass is 145 g/mol. The van der Waals surface area contributed by atoms with Gasteiger partial charge in [0.15, 0.2) is 0 Å². The van der Waals surface area contributed by atoms with Gasteiger partial charge < -0.3 is 5.32 Å². The van der Waals surface area contributed by atoms with Crippen molar-refractivity contribution in [2.75, 3.05) is 13.1 Å². The zero-order chi connectivity index (χ0) is 7.78. The summed E-state index contributed by atoms with van der Waals surface area (Å²) in [4.78, 5) is 0. The number of rotatable bonds is 0. The highest BCUT2D eigenvalue weighted by Gasteiger charge is 2.35. The van der Waals surface area contributed by atoms with Crippen LogP contribution in [0.25, 0.3) is 0 Å². The molecule has 0 amide bonds. The molecule has 2 atom stereocenters. The van der Waals surface area contributed by atoms with Gasteiger partial charge in [0, 0.05) is 19.0 Å². The van der Waals surface area contributed by atoms with Crippen LogP contribution in [0.5, 0.6) is 0 Å². The molecule has 1 saturated heterocycles. The zero-order valence-electron chi connectivity index (χ0n) is 6.95. The molecule has 0 aliphatic carbocycles. The summed E-state index contributed by atoms with van der Waals surface area (Å²) in [6.07, 6.45) is -0.639. The molecule has 0 radical (unpaired) electrons. The number of halogens is 1. The Morgan fingerprint density at radius 2 is 1.90 bits per heavy atom. The first-order chi connectivity index (χ1) is 4.52. The SMILES string of the molecule is CC(C)(C)[C@H]1CNC[C@H]1F. The first-order valence-corrected chi connectivity index (χ1v) is 3.86. The minimum Gasteiger partial charge on any atom is -0.313 e. The Hall–Kier alpha value is -0.110. The van der Waals surface area contributed by atoms with E-state index in [1.165, 1.54) is 0 Å². The van der Waals surface area contributed by atoms with Crippen LogP contribution in [0.3, 0.4) is 0 Å². The van der Waals surface area contributed by atoms with Gasteiger partial charge in [0.05, 0.1) is 0 Å². The van der Waals surface area contributed by atoms with Crippen LogP contribution in [0.15, 0.2) is 0 Å². The molecular formula is C8H16FN. The van der Waals surface area contributed by atoms with Crippen molar-refractivity contribution in [2.24, 2.45) is 11.3 Å². The number of hydrogen-bond acceptors (Lipinski definition) is 1. The van der Waals surface area contributed by atoms with E-state index in [9.17, 15) is 4.39 Å². The quantitative estimate of drug-likeness (QED) is 0.546. The molecule has 1 aliphatic heterocycles. The van der Waals surface area contributed by atoms with Crippen molar-refractivity contribution in [1.29, 1.82) is 0 Å². The average Bonchev–Trinajstić information content (AvgIpc) is 2.11. The van der Waals surface area contributed by atoms with E-state index in [4.69, 9.17) is 0 Å². The Bertz CT molecular complexity index is 117. The molecule has 1 fully saturated rings. The first-order valence-electron chi connectivity index (χ1n) is 3.86. The molecule has 0 aromatic carbocycles. The molecule has 0 unspecified atom stereocenters. The van der Waals surface area contributed by atoms with Crippen LogP contribution in [0.2, 0.25) is 0 Å². The van der Waals surface area contributed by atoms with Crippen molar-refractivity contribution in [2.45, 2.75) is 26.9 Å². The van der Waals surface area contributed by atoms with Gasteiger partial charge in [-0.15, -0.1) is 0 Å². The van der Waals surface area contributed by atoms with Gasteiger partial charge in [-0.1, -0.05) is 20.8 Å². The molecule has 2 heteroatoms. The van der Waals surface area contributed by atoms with Gasteiger partial charge >= 0.3 is 0 Å². The molecule has 1 N–H and O–H groups in total. The second-order valence-electron chi connectivity index (χ2n) is 4.15. The molecule has 1 nitrogen and oxygen atoms in total. The second kappa shape index (κ2) is 2.50. The highest BCUT2D eigenvalue weighted by atomic mass is 19.1. The van der Waals surface area contributed by atoms with Gasteiger partial charge in [0.1, 0.15) is 6.17 Å². The highest BCUT2D eigenvalue weighted by molar-refractivity contribution is 4.88. The van der Waals surface area contributed by atoms with Crippen molar-refractivity contribution < 1.29 is 4.39 Å². The van der Waals surface area contributed by atoms with Crippen molar-refractivity contribution in [1.82, 2.24) is 5.32 Å². The van der Waals surface area contributed by atoms with E-state index >= 15 is 0 Å². The van der Waals surface area contributed by atoms with Gasteiger partial charge in [-0.3, -0.25) is 0 Å². The minimum absolute atomic E-state index is 0.114. The predicted octanol–water partition coefficient (Wildman–Crippen LogP) is 1.59. The number of alkyl halides is 1. The summed E-state index contributed by atoms with van der Waals surface area (Å²) in [5.74, 6) is 0.201. The zero-order valence-corrected chi connectivity index (χ0v) is 6.95.